The Balaban J connectivity index is 1.40. The van der Waals surface area contributed by atoms with E-state index in [2.05, 4.69) is 16.7 Å². The molecule has 1 aliphatic carbocycles. The third kappa shape index (κ3) is 5.38. The van der Waals surface area contributed by atoms with Crippen LogP contribution in [0.15, 0.2) is 29.2 Å². The molecule has 184 valence electrons. The molecule has 1 saturated carbocycles. The van der Waals surface area contributed by atoms with E-state index in [4.69, 9.17) is 0 Å². The Morgan fingerprint density at radius 3 is 2.15 bits per heavy atom. The summed E-state index contributed by atoms with van der Waals surface area (Å²) in [6, 6.07) is 4.41. The summed E-state index contributed by atoms with van der Waals surface area (Å²) in [7, 11) is -4.04. The van der Waals surface area contributed by atoms with E-state index < -0.39 is 21.8 Å². The van der Waals surface area contributed by atoms with Crippen molar-refractivity contribution in [2.24, 2.45) is 5.92 Å². The minimum absolute atomic E-state index is 0.128. The number of carbonyl (C=O) groups excluding carboxylic acids is 1. The Kier molecular flexibility index (Phi) is 7.08. The number of hydrogen-bond donors (Lipinski definition) is 0. The molecule has 2 aliphatic heterocycles. The van der Waals surface area contributed by atoms with Gasteiger partial charge in [0.15, 0.2) is 0 Å². The van der Waals surface area contributed by atoms with Crippen molar-refractivity contribution in [3.05, 3.63) is 29.8 Å². The third-order valence-electron chi connectivity index (χ3n) is 7.19. The van der Waals surface area contributed by atoms with Gasteiger partial charge in [0.2, 0.25) is 15.9 Å². The molecule has 0 spiro atoms. The molecular formula is C23H32F3N3O3S. The van der Waals surface area contributed by atoms with Crippen molar-refractivity contribution in [3.63, 3.8) is 0 Å². The van der Waals surface area contributed by atoms with Crippen molar-refractivity contribution < 1.29 is 26.4 Å². The second-order valence-corrected chi connectivity index (χ2v) is 11.3. The Morgan fingerprint density at radius 1 is 1.00 bits per heavy atom. The van der Waals surface area contributed by atoms with Crippen LogP contribution in [-0.4, -0.2) is 73.2 Å². The SMILES string of the molecule is CCN1CCC(N(C(=O)C2CCN(S(=O)(=O)c3cccc(C(F)(F)F)c3)CC2)C2CC2)CC1. The molecular weight excluding hydrogens is 455 g/mol. The van der Waals surface area contributed by atoms with E-state index in [1.165, 1.54) is 10.4 Å². The molecule has 0 N–H and O–H groups in total. The van der Waals surface area contributed by atoms with Gasteiger partial charge in [0, 0.05) is 44.2 Å². The van der Waals surface area contributed by atoms with Gasteiger partial charge in [-0.05, 0) is 63.3 Å². The van der Waals surface area contributed by atoms with Gasteiger partial charge >= 0.3 is 6.18 Å². The second kappa shape index (κ2) is 9.54. The summed E-state index contributed by atoms with van der Waals surface area (Å²) < 4.78 is 66.2. The molecule has 2 saturated heterocycles. The number of piperidine rings is 2. The summed E-state index contributed by atoms with van der Waals surface area (Å²) in [5, 5.41) is 0. The minimum atomic E-state index is -4.61. The molecule has 0 aromatic heterocycles. The minimum Gasteiger partial charge on any atom is -0.336 e. The monoisotopic (exact) mass is 487 g/mol. The number of carbonyl (C=O) groups is 1. The molecule has 0 bridgehead atoms. The quantitative estimate of drug-likeness (QED) is 0.616. The lowest BCUT2D eigenvalue weighted by molar-refractivity contribution is -0.141. The predicted octanol–water partition coefficient (Wildman–Crippen LogP) is 3.58. The van der Waals surface area contributed by atoms with Crippen LogP contribution in [0.5, 0.6) is 0 Å². The number of alkyl halides is 3. The number of rotatable bonds is 6. The summed E-state index contributed by atoms with van der Waals surface area (Å²) in [5.41, 5.74) is -0.983. The number of sulfonamides is 1. The maximum absolute atomic E-state index is 13.4. The molecule has 1 amide bonds. The Morgan fingerprint density at radius 2 is 1.61 bits per heavy atom. The summed E-state index contributed by atoms with van der Waals surface area (Å²) in [5.74, 6) is -0.105. The smallest absolute Gasteiger partial charge is 0.336 e. The van der Waals surface area contributed by atoms with Crippen molar-refractivity contribution in [1.29, 1.82) is 0 Å². The third-order valence-corrected chi connectivity index (χ3v) is 9.09. The highest BCUT2D eigenvalue weighted by molar-refractivity contribution is 7.89. The standard InChI is InChI=1S/C23H32F3N3O3S/c1-2-27-12-10-20(11-13-27)29(19-6-7-19)22(30)17-8-14-28(15-9-17)33(31,32)21-5-3-4-18(16-21)23(24,25)26/h3-5,16-17,19-20H,2,6-15H2,1H3. The topological polar surface area (TPSA) is 60.9 Å². The largest absolute Gasteiger partial charge is 0.416 e. The van der Waals surface area contributed by atoms with Gasteiger partial charge in [-0.1, -0.05) is 13.0 Å². The number of likely N-dealkylation sites (tertiary alicyclic amines) is 1. The molecule has 0 unspecified atom stereocenters. The van der Waals surface area contributed by atoms with Crippen molar-refractivity contribution in [2.75, 3.05) is 32.7 Å². The predicted molar refractivity (Wildman–Crippen MR) is 118 cm³/mol. The average Bonchev–Trinajstić information content (AvgIpc) is 3.64. The van der Waals surface area contributed by atoms with Crippen molar-refractivity contribution in [2.45, 2.75) is 68.6 Å². The van der Waals surface area contributed by atoms with Crippen LogP contribution in [0.25, 0.3) is 0 Å². The lowest BCUT2D eigenvalue weighted by Gasteiger charge is -2.41. The molecule has 0 radical (unpaired) electrons. The van der Waals surface area contributed by atoms with Crippen LogP contribution >= 0.6 is 0 Å². The van der Waals surface area contributed by atoms with Crippen LogP contribution in [-0.2, 0) is 21.0 Å². The van der Waals surface area contributed by atoms with Crippen LogP contribution in [0, 0.1) is 5.92 Å². The van der Waals surface area contributed by atoms with E-state index >= 15 is 0 Å². The fourth-order valence-electron chi connectivity index (χ4n) is 5.06. The summed E-state index contributed by atoms with van der Waals surface area (Å²) in [4.78, 5) is 17.6. The van der Waals surface area contributed by atoms with Crippen LogP contribution in [0.4, 0.5) is 13.2 Å². The van der Waals surface area contributed by atoms with E-state index in [1.807, 2.05) is 0 Å². The molecule has 10 heteroatoms. The van der Waals surface area contributed by atoms with Gasteiger partial charge < -0.3 is 9.80 Å². The molecule has 3 fully saturated rings. The first-order valence-corrected chi connectivity index (χ1v) is 13.3. The highest BCUT2D eigenvalue weighted by atomic mass is 32.2. The molecule has 2 heterocycles. The van der Waals surface area contributed by atoms with E-state index in [9.17, 15) is 26.4 Å². The molecule has 6 nitrogen and oxygen atoms in total. The van der Waals surface area contributed by atoms with Crippen LogP contribution in [0.3, 0.4) is 0 Å². The van der Waals surface area contributed by atoms with Gasteiger partial charge in [0.1, 0.15) is 0 Å². The first-order chi connectivity index (χ1) is 15.6. The Hall–Kier alpha value is -1.65. The summed E-state index contributed by atoms with van der Waals surface area (Å²) in [6.07, 6.45) is 0.190. The van der Waals surface area contributed by atoms with Gasteiger partial charge in [-0.3, -0.25) is 4.79 Å². The first kappa shape index (κ1) is 24.5. The molecule has 3 aliphatic rings. The summed E-state index contributed by atoms with van der Waals surface area (Å²) in [6.45, 7) is 5.43. The van der Waals surface area contributed by atoms with Crippen LogP contribution in [0.2, 0.25) is 0 Å². The van der Waals surface area contributed by atoms with Crippen LogP contribution < -0.4 is 0 Å². The number of benzene rings is 1. The van der Waals surface area contributed by atoms with Crippen molar-refractivity contribution in [1.82, 2.24) is 14.1 Å². The molecule has 1 aromatic rings. The van der Waals surface area contributed by atoms with E-state index in [1.54, 1.807) is 0 Å². The van der Waals surface area contributed by atoms with Crippen molar-refractivity contribution in [3.8, 4) is 0 Å². The zero-order valence-corrected chi connectivity index (χ0v) is 19.7. The molecule has 0 atom stereocenters. The van der Waals surface area contributed by atoms with E-state index in [0.29, 0.717) is 24.9 Å². The van der Waals surface area contributed by atoms with Crippen molar-refractivity contribution >= 4 is 15.9 Å². The highest BCUT2D eigenvalue weighted by Crippen LogP contribution is 2.36. The first-order valence-electron chi connectivity index (χ1n) is 11.8. The lowest BCUT2D eigenvalue weighted by atomic mass is 9.94. The molecule has 1 aromatic carbocycles. The average molecular weight is 488 g/mol. The zero-order valence-electron chi connectivity index (χ0n) is 18.9. The highest BCUT2D eigenvalue weighted by Gasteiger charge is 2.42. The second-order valence-electron chi connectivity index (χ2n) is 9.35. The van der Waals surface area contributed by atoms with Gasteiger partial charge in [-0.2, -0.15) is 17.5 Å². The number of hydrogen-bond acceptors (Lipinski definition) is 4. The molecule has 33 heavy (non-hydrogen) atoms. The Labute approximate surface area is 193 Å². The van der Waals surface area contributed by atoms with Gasteiger partial charge in [0.25, 0.3) is 0 Å². The maximum atomic E-state index is 13.4. The van der Waals surface area contributed by atoms with E-state index in [-0.39, 0.29) is 35.9 Å². The lowest BCUT2D eigenvalue weighted by Crippen LogP contribution is -2.51. The number of halogens is 3. The number of nitrogens with zero attached hydrogens (tertiary/aromatic N) is 3. The number of amides is 1. The molecule has 4 rings (SSSR count). The van der Waals surface area contributed by atoms with Gasteiger partial charge in [-0.15, -0.1) is 0 Å². The fourth-order valence-corrected chi connectivity index (χ4v) is 6.58. The van der Waals surface area contributed by atoms with E-state index in [0.717, 1.165) is 57.5 Å². The van der Waals surface area contributed by atoms with Gasteiger partial charge in [-0.25, -0.2) is 8.42 Å². The fraction of sp³-hybridized carbons (Fsp3) is 0.696. The normalized spacial score (nSPS) is 22.4. The summed E-state index contributed by atoms with van der Waals surface area (Å²) >= 11 is 0. The maximum Gasteiger partial charge on any atom is 0.416 e. The van der Waals surface area contributed by atoms with Gasteiger partial charge in [0.05, 0.1) is 10.5 Å². The zero-order chi connectivity index (χ0) is 23.8. The Bertz CT molecular complexity index is 949. The van der Waals surface area contributed by atoms with Crippen LogP contribution in [0.1, 0.15) is 51.0 Å².